The number of nitrogens with one attached hydrogen (secondary N) is 1. The number of nitro benzene ring substituents is 1. The first-order valence-corrected chi connectivity index (χ1v) is 8.88. The number of nitro groups is 1. The molecule has 1 aromatic heterocycles. The summed E-state index contributed by atoms with van der Waals surface area (Å²) in [5, 5.41) is 13.7. The van der Waals surface area contributed by atoms with E-state index in [1.165, 1.54) is 30.2 Å². The van der Waals surface area contributed by atoms with Gasteiger partial charge < -0.3 is 4.57 Å². The normalized spacial score (nSPS) is 15.9. The maximum absolute atomic E-state index is 12.4. The molecule has 1 N–H and O–H groups in total. The standard InChI is InChI=1S/C18H15ClN4O4S/c1-9-6-11(7-13-16(24)20-18(28)21(3)17(13)25)10(2)22(9)12-4-5-14(19)15(8-12)23(26)27/h4-8H,1-3H3,(H,20,24,28)/b13-7-. The zero-order valence-corrected chi connectivity index (χ0v) is 16.7. The van der Waals surface area contributed by atoms with Gasteiger partial charge >= 0.3 is 0 Å². The van der Waals surface area contributed by atoms with E-state index in [1.54, 1.807) is 23.6 Å². The van der Waals surface area contributed by atoms with Gasteiger partial charge in [-0.2, -0.15) is 0 Å². The summed E-state index contributed by atoms with van der Waals surface area (Å²) in [6.45, 7) is 3.61. The Bertz CT molecular complexity index is 1090. The number of nitrogens with zero attached hydrogens (tertiary/aromatic N) is 3. The van der Waals surface area contributed by atoms with Gasteiger partial charge in [-0.25, -0.2) is 0 Å². The van der Waals surface area contributed by atoms with Crippen molar-refractivity contribution in [2.24, 2.45) is 0 Å². The van der Waals surface area contributed by atoms with Crippen LogP contribution in [0.4, 0.5) is 5.69 Å². The fourth-order valence-electron chi connectivity index (χ4n) is 3.01. The smallest absolute Gasteiger partial charge is 0.289 e. The molecule has 8 nitrogen and oxygen atoms in total. The van der Waals surface area contributed by atoms with E-state index >= 15 is 0 Å². The summed E-state index contributed by atoms with van der Waals surface area (Å²) in [5.74, 6) is -1.07. The number of amides is 2. The number of aryl methyl sites for hydroxylation is 1. The van der Waals surface area contributed by atoms with Gasteiger partial charge in [-0.05, 0) is 55.9 Å². The lowest BCUT2D eigenvalue weighted by atomic mass is 10.1. The Morgan fingerprint density at radius 2 is 1.93 bits per heavy atom. The van der Waals surface area contributed by atoms with Gasteiger partial charge in [0, 0.05) is 24.5 Å². The van der Waals surface area contributed by atoms with Gasteiger partial charge in [0.15, 0.2) is 5.11 Å². The summed E-state index contributed by atoms with van der Waals surface area (Å²) in [6, 6.07) is 6.29. The summed E-state index contributed by atoms with van der Waals surface area (Å²) in [5.41, 5.74) is 2.41. The van der Waals surface area contributed by atoms with Crippen molar-refractivity contribution in [3.63, 3.8) is 0 Å². The van der Waals surface area contributed by atoms with E-state index in [1.807, 2.05) is 6.92 Å². The van der Waals surface area contributed by atoms with Crippen LogP contribution in [-0.4, -0.2) is 38.4 Å². The summed E-state index contributed by atoms with van der Waals surface area (Å²) < 4.78 is 1.79. The Balaban J connectivity index is 2.10. The number of aromatic nitrogens is 1. The first kappa shape index (κ1) is 19.7. The van der Waals surface area contributed by atoms with E-state index in [-0.39, 0.29) is 21.4 Å². The molecule has 1 aliphatic heterocycles. The lowest BCUT2D eigenvalue weighted by Crippen LogP contribution is -2.52. The van der Waals surface area contributed by atoms with Crippen LogP contribution in [0.15, 0.2) is 29.8 Å². The number of rotatable bonds is 3. The van der Waals surface area contributed by atoms with Crippen molar-refractivity contribution in [3.8, 4) is 5.69 Å². The number of benzene rings is 1. The van der Waals surface area contributed by atoms with Crippen molar-refractivity contribution in [2.75, 3.05) is 7.05 Å². The summed E-state index contributed by atoms with van der Waals surface area (Å²) in [7, 11) is 1.48. The Morgan fingerprint density at radius 1 is 1.25 bits per heavy atom. The molecule has 0 aliphatic carbocycles. The van der Waals surface area contributed by atoms with Crippen LogP contribution in [0.25, 0.3) is 11.8 Å². The predicted octanol–water partition coefficient (Wildman–Crippen LogP) is 2.91. The minimum atomic E-state index is -0.569. The van der Waals surface area contributed by atoms with Crippen LogP contribution in [-0.2, 0) is 9.59 Å². The Kier molecular flexibility index (Phi) is 5.05. The van der Waals surface area contributed by atoms with Crippen LogP contribution >= 0.6 is 23.8 Å². The molecule has 28 heavy (non-hydrogen) atoms. The van der Waals surface area contributed by atoms with Crippen molar-refractivity contribution >= 4 is 52.5 Å². The van der Waals surface area contributed by atoms with E-state index in [4.69, 9.17) is 23.8 Å². The minimum absolute atomic E-state index is 0.0431. The number of likely N-dealkylation sites (N-methyl/N-ethyl adjacent to an activating group) is 1. The molecular weight excluding hydrogens is 404 g/mol. The van der Waals surface area contributed by atoms with E-state index in [0.717, 1.165) is 5.69 Å². The second-order valence-electron chi connectivity index (χ2n) is 6.24. The third kappa shape index (κ3) is 3.30. The summed E-state index contributed by atoms with van der Waals surface area (Å²) in [6.07, 6.45) is 1.49. The lowest BCUT2D eigenvalue weighted by Gasteiger charge is -2.25. The molecule has 0 spiro atoms. The Labute approximate surface area is 170 Å². The molecule has 2 amide bonds. The molecule has 10 heteroatoms. The number of halogens is 1. The van der Waals surface area contributed by atoms with Gasteiger partial charge in [0.2, 0.25) is 0 Å². The monoisotopic (exact) mass is 418 g/mol. The molecule has 3 rings (SSSR count). The molecule has 0 radical (unpaired) electrons. The zero-order chi connectivity index (χ0) is 20.7. The number of thiocarbonyl (C=S) groups is 1. The van der Waals surface area contributed by atoms with Gasteiger partial charge in [0.05, 0.1) is 10.6 Å². The first-order chi connectivity index (χ1) is 13.1. The molecule has 2 heterocycles. The van der Waals surface area contributed by atoms with Crippen molar-refractivity contribution < 1.29 is 14.5 Å². The molecule has 1 fully saturated rings. The van der Waals surface area contributed by atoms with Crippen LogP contribution in [0.1, 0.15) is 17.0 Å². The molecule has 0 unspecified atom stereocenters. The van der Waals surface area contributed by atoms with E-state index < -0.39 is 16.7 Å². The van der Waals surface area contributed by atoms with Crippen LogP contribution < -0.4 is 5.32 Å². The summed E-state index contributed by atoms with van der Waals surface area (Å²) in [4.78, 5) is 36.4. The highest BCUT2D eigenvalue weighted by Crippen LogP contribution is 2.30. The SMILES string of the molecule is Cc1cc(/C=C2/C(=O)NC(=S)N(C)C2=O)c(C)n1-c1ccc(Cl)c([N+](=O)[O-])c1. The second-order valence-corrected chi connectivity index (χ2v) is 7.03. The molecule has 0 atom stereocenters. The van der Waals surface area contributed by atoms with Crippen molar-refractivity contribution in [3.05, 3.63) is 61.9 Å². The first-order valence-electron chi connectivity index (χ1n) is 8.10. The van der Waals surface area contributed by atoms with Crippen molar-refractivity contribution in [1.29, 1.82) is 0 Å². The van der Waals surface area contributed by atoms with Gasteiger partial charge in [-0.1, -0.05) is 11.6 Å². The van der Waals surface area contributed by atoms with Crippen molar-refractivity contribution in [2.45, 2.75) is 13.8 Å². The molecule has 0 bridgehead atoms. The average Bonchev–Trinajstić information content (AvgIpc) is 2.91. The third-order valence-corrected chi connectivity index (χ3v) is 5.16. The fourth-order valence-corrected chi connectivity index (χ4v) is 3.37. The molecular formula is C18H15ClN4O4S. The number of carbonyl (C=O) groups is 2. The number of carbonyl (C=O) groups excluding carboxylic acids is 2. The van der Waals surface area contributed by atoms with E-state index in [2.05, 4.69) is 5.32 Å². The Hall–Kier alpha value is -3.04. The third-order valence-electron chi connectivity index (χ3n) is 4.46. The largest absolute Gasteiger partial charge is 0.318 e. The van der Waals surface area contributed by atoms with Gasteiger partial charge in [0.25, 0.3) is 17.5 Å². The maximum Gasteiger partial charge on any atom is 0.289 e. The predicted molar refractivity (Wildman–Crippen MR) is 108 cm³/mol. The quantitative estimate of drug-likeness (QED) is 0.272. The summed E-state index contributed by atoms with van der Waals surface area (Å²) >= 11 is 10.8. The van der Waals surface area contributed by atoms with Gasteiger partial charge in [-0.15, -0.1) is 0 Å². The molecule has 1 saturated heterocycles. The minimum Gasteiger partial charge on any atom is -0.318 e. The van der Waals surface area contributed by atoms with Gasteiger partial charge in [0.1, 0.15) is 10.6 Å². The highest BCUT2D eigenvalue weighted by Gasteiger charge is 2.31. The number of hydrogen-bond acceptors (Lipinski definition) is 5. The zero-order valence-electron chi connectivity index (χ0n) is 15.1. The highest BCUT2D eigenvalue weighted by atomic mass is 35.5. The molecule has 2 aromatic rings. The Morgan fingerprint density at radius 3 is 2.57 bits per heavy atom. The van der Waals surface area contributed by atoms with Gasteiger partial charge in [-0.3, -0.25) is 29.9 Å². The average molecular weight is 419 g/mol. The van der Waals surface area contributed by atoms with Crippen LogP contribution in [0.3, 0.4) is 0 Å². The van der Waals surface area contributed by atoms with Crippen LogP contribution in [0, 0.1) is 24.0 Å². The molecule has 1 aromatic carbocycles. The number of hydrogen-bond donors (Lipinski definition) is 1. The van der Waals surface area contributed by atoms with Crippen molar-refractivity contribution in [1.82, 2.24) is 14.8 Å². The highest BCUT2D eigenvalue weighted by molar-refractivity contribution is 7.80. The fraction of sp³-hybridized carbons (Fsp3) is 0.167. The van der Waals surface area contributed by atoms with Crippen LogP contribution in [0.2, 0.25) is 5.02 Å². The molecule has 1 aliphatic rings. The van der Waals surface area contributed by atoms with E-state index in [9.17, 15) is 19.7 Å². The topological polar surface area (TPSA) is 97.5 Å². The lowest BCUT2D eigenvalue weighted by molar-refractivity contribution is -0.384. The van der Waals surface area contributed by atoms with Crippen LogP contribution in [0.5, 0.6) is 0 Å². The molecule has 144 valence electrons. The molecule has 0 saturated carbocycles. The second kappa shape index (κ2) is 7.17. The van der Waals surface area contributed by atoms with E-state index in [0.29, 0.717) is 16.9 Å². The maximum atomic E-state index is 12.4.